The first kappa shape index (κ1) is 107. The van der Waals surface area contributed by atoms with Gasteiger partial charge in [0, 0.05) is 119 Å². The van der Waals surface area contributed by atoms with Gasteiger partial charge in [0.1, 0.15) is 96.9 Å². The summed E-state index contributed by atoms with van der Waals surface area (Å²) in [4.78, 5) is 292. The topological polar surface area (TPSA) is 698 Å². The molecule has 135 heavy (non-hydrogen) atoms. The van der Waals surface area contributed by atoms with Crippen LogP contribution in [0.1, 0.15) is 127 Å². The SMILES string of the molecule is CCCC[C@H]1C(=O)N(C)[C@@H](CCCC)C(=O)N[C@@H](CCC(=O)O)C(=O)N[C@H](C(=O)NCC(N)=O)CSCC(=O)N[C@@H](Cc2ccc(O)cc2)C(=O)N(C)[C@@H](C)C(=O)N[C@H](CC(=O)O)C(=O)N2CCC[C@H]2C(=O)N[C@@H](CN)C(=O)N[C@@H](CCC(N)=O)C(=O)N2C[C@H](O)C[C@H]2C(=O)N[C@@H](Cc2c[nH]c3ccccc23)C(=O)N[C@@H](CO)C(=O)N[C@@H](Cc2cn(CC(=O)O)c3ccccc23)C(=O)N1C. The Morgan fingerprint density at radius 3 is 1.73 bits per heavy atom. The number of aliphatic hydroxyl groups excluding tert-OH is 2. The number of aliphatic carboxylic acids is 3. The Kier molecular flexibility index (Phi) is 39.7. The normalized spacial score (nSPS) is 24.7. The molecule has 3 aliphatic rings. The number of rotatable bonds is 27. The number of fused-ring (bicyclic) bond motifs is 4. The number of nitrogens with zero attached hydrogens (tertiary/aromatic N) is 6. The van der Waals surface area contributed by atoms with Crippen LogP contribution in [-0.2, 0) is 122 Å². The number of unbranched alkanes of at least 4 members (excludes halogenated alkanes) is 2. The molecule has 0 radical (unpaired) electrons. The Bertz CT molecular complexity index is 5190. The van der Waals surface area contributed by atoms with Crippen LogP contribution in [0.5, 0.6) is 5.75 Å². The van der Waals surface area contributed by atoms with Gasteiger partial charge in [0.15, 0.2) is 0 Å². The summed E-state index contributed by atoms with van der Waals surface area (Å²) in [6, 6.07) is -5.65. The van der Waals surface area contributed by atoms with Crippen LogP contribution in [0.15, 0.2) is 85.2 Å². The summed E-state index contributed by atoms with van der Waals surface area (Å²) in [6.07, 6.45) is -3.11. The quantitative estimate of drug-likeness (QED) is 0.0234. The molecule has 0 aliphatic carbocycles. The molecule has 2 aromatic heterocycles. The lowest BCUT2D eigenvalue weighted by molar-refractivity contribution is -0.149. The number of primary amides is 2. The summed E-state index contributed by atoms with van der Waals surface area (Å²) in [7, 11) is 3.60. The molecule has 0 spiro atoms. The number of H-pyrrole nitrogens is 1. The molecule has 3 aliphatic heterocycles. The van der Waals surface area contributed by atoms with Gasteiger partial charge in [-0.25, -0.2) is 0 Å². The van der Waals surface area contributed by atoms with Crippen molar-refractivity contribution in [3.63, 3.8) is 0 Å². The Hall–Kier alpha value is -13.8. The van der Waals surface area contributed by atoms with Crippen molar-refractivity contribution in [1.82, 2.24) is 87.2 Å². The first-order valence-corrected chi connectivity index (χ1v) is 45.3. The fourth-order valence-corrected chi connectivity index (χ4v) is 17.1. The Morgan fingerprint density at radius 2 is 1.08 bits per heavy atom. The van der Waals surface area contributed by atoms with E-state index in [-0.39, 0.29) is 62.8 Å². The number of aliphatic hydroxyl groups is 2. The number of carboxylic acids is 3. The number of benzene rings is 3. The van der Waals surface area contributed by atoms with Crippen molar-refractivity contribution >= 4 is 152 Å². The van der Waals surface area contributed by atoms with Crippen LogP contribution >= 0.6 is 11.8 Å². The average molecular weight is 1910 g/mol. The van der Waals surface area contributed by atoms with Crippen molar-refractivity contribution in [3.8, 4) is 5.75 Å². The zero-order valence-corrected chi connectivity index (χ0v) is 76.4. The lowest BCUT2D eigenvalue weighted by atomic mass is 10.00. The van der Waals surface area contributed by atoms with Gasteiger partial charge in [0.2, 0.25) is 100 Å². The summed E-state index contributed by atoms with van der Waals surface area (Å²) in [6.45, 7) is 0.554. The van der Waals surface area contributed by atoms with E-state index in [4.69, 9.17) is 17.2 Å². The molecule has 46 nitrogen and oxygen atoms in total. The van der Waals surface area contributed by atoms with Crippen LogP contribution in [0.25, 0.3) is 21.8 Å². The van der Waals surface area contributed by atoms with Crippen LogP contribution in [0, 0.1) is 0 Å². The minimum Gasteiger partial charge on any atom is -0.508 e. The molecule has 734 valence electrons. The van der Waals surface area contributed by atoms with Gasteiger partial charge in [-0.1, -0.05) is 88.1 Å². The summed E-state index contributed by atoms with van der Waals surface area (Å²) in [5.74, 6) is -24.0. The van der Waals surface area contributed by atoms with Gasteiger partial charge < -0.3 is 135 Å². The number of aromatic amines is 1. The molecule has 0 saturated carbocycles. The van der Waals surface area contributed by atoms with Crippen molar-refractivity contribution in [2.45, 2.75) is 227 Å². The van der Waals surface area contributed by atoms with Gasteiger partial charge in [-0.15, -0.1) is 11.8 Å². The van der Waals surface area contributed by atoms with E-state index in [0.29, 0.717) is 57.5 Å². The standard InChI is InChI=1S/C88H120N20O26S/c1-7-9-19-65-81(127)95-55(28-30-72(115)116)77(123)102-63(76(122)93-39-70(91)113)44-135-45-71(114)94-58(32-47-23-25-50(110)26-24-47)84(130)103(4)46(3)75(121)98-60(36-73(117)118)87(133)107-31-15-22-66(107)82(128)100-61(37-89)79(125)96-56(27-29-69(90)112)86(132)108-41-51(111)35-68(108)83(129)97-57(33-48-38-92-54-18-13-11-16-52(48)54)78(124)101-62(43-109)80(126)99-59(85(131)105(6)67(20-10-8-2)88(134)104(65)5)34-49-40-106(42-74(119)120)64-21-14-12-17-53(49)64/h11-14,16-18,21,23-26,38,40,46,51,55-63,65-68,92,109-111H,7-10,15,19-20,22,27-37,39,41-45,89H2,1-6H3,(H2,90,112)(H2,91,113)(H,93,122)(H,94,114)(H,95,127)(H,96,125)(H,97,129)(H,98,121)(H,99,126)(H,100,128)(H,101,124)(H,102,123)(H,115,116)(H,117,118)(H,119,120)/t46-,51+,55-,56-,57-,58-,59-,60+,61-,62-,63-,65-,66-,67-,68-/m0/s1. The number of aromatic nitrogens is 2. The van der Waals surface area contributed by atoms with Crippen LogP contribution in [0.3, 0.4) is 0 Å². The maximum atomic E-state index is 15.8. The molecule has 23 N–H and O–H groups in total. The third kappa shape index (κ3) is 29.6. The van der Waals surface area contributed by atoms with Gasteiger partial charge in [-0.05, 0) is 86.4 Å². The first-order valence-electron chi connectivity index (χ1n) is 44.2. The number of phenolic OH excluding ortho intramolecular Hbond substituents is 1. The molecule has 15 atom stereocenters. The summed E-state index contributed by atoms with van der Waals surface area (Å²) >= 11 is 0.667. The smallest absolute Gasteiger partial charge is 0.323 e. The minimum absolute atomic E-state index is 0.0907. The number of phenols is 1. The maximum absolute atomic E-state index is 15.8. The van der Waals surface area contributed by atoms with Crippen LogP contribution in [0.4, 0.5) is 0 Å². The van der Waals surface area contributed by atoms with Crippen molar-refractivity contribution in [2.24, 2.45) is 17.2 Å². The number of carboxylic acid groups (broad SMARTS) is 3. The van der Waals surface area contributed by atoms with E-state index in [1.54, 1.807) is 62.4 Å². The number of thioether (sulfide) groups is 1. The fourth-order valence-electron chi connectivity index (χ4n) is 16.2. The molecule has 5 heterocycles. The molecule has 5 aromatic rings. The third-order valence-corrected chi connectivity index (χ3v) is 24.7. The van der Waals surface area contributed by atoms with Gasteiger partial charge >= 0.3 is 17.9 Å². The molecule has 8 rings (SSSR count). The largest absolute Gasteiger partial charge is 0.508 e. The zero-order valence-electron chi connectivity index (χ0n) is 75.6. The number of carbonyl (C=O) groups is 20. The Labute approximate surface area is 779 Å². The molecule has 17 amide bonds. The number of para-hydroxylation sites is 2. The Balaban J connectivity index is 1.21. The van der Waals surface area contributed by atoms with E-state index in [9.17, 15) is 93.0 Å². The molecule has 47 heteroatoms. The summed E-state index contributed by atoms with van der Waals surface area (Å²) in [5, 5.41) is 88.7. The number of amides is 17. The number of hydrogen-bond donors (Lipinski definition) is 20. The molecule has 3 fully saturated rings. The predicted molar refractivity (Wildman–Crippen MR) is 483 cm³/mol. The number of nitrogens with two attached hydrogens (primary N) is 3. The second-order valence-electron chi connectivity index (χ2n) is 33.5. The highest BCUT2D eigenvalue weighted by Gasteiger charge is 2.47. The Morgan fingerprint density at radius 1 is 0.526 bits per heavy atom. The van der Waals surface area contributed by atoms with E-state index in [2.05, 4.69) is 58.2 Å². The number of nitrogens with one attached hydrogen (secondary N) is 11. The first-order chi connectivity index (χ1) is 64.1. The molecular weight excluding hydrogens is 1790 g/mol. The zero-order chi connectivity index (χ0) is 99.4. The van der Waals surface area contributed by atoms with E-state index >= 15 is 33.6 Å². The van der Waals surface area contributed by atoms with Gasteiger partial charge in [-0.2, -0.15) is 0 Å². The van der Waals surface area contributed by atoms with Crippen LogP contribution < -0.4 is 70.4 Å². The number of likely N-dealkylation sites (N-methyl/N-ethyl adjacent to an activating group) is 3. The highest BCUT2D eigenvalue weighted by atomic mass is 32.2. The predicted octanol–water partition coefficient (Wildman–Crippen LogP) is -4.96. The van der Waals surface area contributed by atoms with Crippen LogP contribution in [-0.4, -0.2) is 339 Å². The molecule has 3 aromatic carbocycles. The van der Waals surface area contributed by atoms with Gasteiger partial charge in [0.25, 0.3) is 0 Å². The van der Waals surface area contributed by atoms with Crippen molar-refractivity contribution in [1.29, 1.82) is 0 Å². The maximum Gasteiger partial charge on any atom is 0.323 e. The van der Waals surface area contributed by atoms with Crippen molar-refractivity contribution < 1.29 is 127 Å². The molecular formula is C88H120N20O26S. The highest BCUT2D eigenvalue weighted by molar-refractivity contribution is 8.00. The van der Waals surface area contributed by atoms with Gasteiger partial charge in [-0.3, -0.25) is 95.9 Å². The lowest BCUT2D eigenvalue weighted by Crippen LogP contribution is -2.62. The number of carbonyl (C=O) groups excluding carboxylic acids is 17. The van der Waals surface area contributed by atoms with E-state index in [1.807, 2.05) is 0 Å². The molecule has 0 bridgehead atoms. The van der Waals surface area contributed by atoms with Crippen molar-refractivity contribution in [2.75, 3.05) is 65.4 Å². The fraction of sp³-hybridized carbons (Fsp3) is 0.523. The summed E-state index contributed by atoms with van der Waals surface area (Å²) in [5.41, 5.74) is 19.0. The summed E-state index contributed by atoms with van der Waals surface area (Å²) < 4.78 is 1.37. The van der Waals surface area contributed by atoms with Gasteiger partial charge in [0.05, 0.1) is 31.4 Å². The average Bonchev–Trinajstić information content (AvgIpc) is 1.65. The van der Waals surface area contributed by atoms with Crippen LogP contribution in [0.2, 0.25) is 0 Å². The number of aromatic hydroxyl groups is 1. The number of hydrogen-bond acceptors (Lipinski definition) is 25. The third-order valence-electron chi connectivity index (χ3n) is 23.7. The second kappa shape index (κ2) is 50.3. The monoisotopic (exact) mass is 1900 g/mol. The van der Waals surface area contributed by atoms with E-state index in [0.717, 1.165) is 31.5 Å². The second-order valence-corrected chi connectivity index (χ2v) is 34.5. The highest BCUT2D eigenvalue weighted by Crippen LogP contribution is 2.29. The lowest BCUT2D eigenvalue weighted by Gasteiger charge is -2.36. The molecule has 3 saturated heterocycles. The van der Waals surface area contributed by atoms with Crippen molar-refractivity contribution in [3.05, 3.63) is 102 Å². The van der Waals surface area contributed by atoms with E-state index < -0.39 is 305 Å². The minimum atomic E-state index is -2.03. The van der Waals surface area contributed by atoms with E-state index in [1.165, 1.54) is 62.2 Å². The molecule has 0 unspecified atom stereocenters.